The van der Waals surface area contributed by atoms with Gasteiger partial charge < -0.3 is 9.84 Å². The Morgan fingerprint density at radius 2 is 2.47 bits per heavy atom. The third-order valence-corrected chi connectivity index (χ3v) is 4.41. The van der Waals surface area contributed by atoms with Crippen molar-refractivity contribution < 1.29 is 14.6 Å². The Hall–Kier alpha value is -1.23. The smallest absolute Gasteiger partial charge is 0.308 e. The van der Waals surface area contributed by atoms with Crippen LogP contribution in [0, 0.1) is 5.92 Å². The lowest BCUT2D eigenvalue weighted by Gasteiger charge is -2.07. The van der Waals surface area contributed by atoms with Crippen LogP contribution < -0.4 is 4.74 Å². The molecule has 1 aliphatic heterocycles. The number of aliphatic carboxylic acids is 1. The zero-order valence-corrected chi connectivity index (χ0v) is 8.82. The van der Waals surface area contributed by atoms with Gasteiger partial charge in [-0.05, 0) is 6.07 Å². The first-order chi connectivity index (χ1) is 7.24. The van der Waals surface area contributed by atoms with Crippen molar-refractivity contribution in [3.8, 4) is 5.88 Å². The number of carboxylic acids is 1. The number of thioether (sulfide) groups is 1. The Morgan fingerprint density at radius 3 is 3.13 bits per heavy atom. The first-order valence-corrected chi connectivity index (χ1v) is 5.54. The van der Waals surface area contributed by atoms with Crippen molar-refractivity contribution in [2.45, 2.75) is 16.1 Å². The molecule has 1 aromatic rings. The van der Waals surface area contributed by atoms with Gasteiger partial charge in [0.05, 0.1) is 13.0 Å². The molecule has 3 rings (SSSR count). The van der Waals surface area contributed by atoms with Crippen molar-refractivity contribution >= 4 is 17.7 Å². The molecule has 1 saturated carbocycles. The molecule has 1 N–H and O–H groups in total. The molecule has 1 aromatic heterocycles. The van der Waals surface area contributed by atoms with E-state index in [1.54, 1.807) is 25.1 Å². The second kappa shape index (κ2) is 2.88. The number of ether oxygens (including phenoxy) is 1. The minimum absolute atomic E-state index is 0.103. The number of pyridine rings is 1. The highest BCUT2D eigenvalue weighted by Gasteiger charge is 2.62. The summed E-state index contributed by atoms with van der Waals surface area (Å²) >= 11 is 1.63. The number of hydrogen-bond donors (Lipinski definition) is 1. The molecule has 78 valence electrons. The van der Waals surface area contributed by atoms with Gasteiger partial charge in [0.2, 0.25) is 5.88 Å². The van der Waals surface area contributed by atoms with Crippen LogP contribution in [0.15, 0.2) is 17.2 Å². The van der Waals surface area contributed by atoms with E-state index in [0.29, 0.717) is 5.88 Å². The van der Waals surface area contributed by atoms with Gasteiger partial charge >= 0.3 is 5.97 Å². The minimum atomic E-state index is -0.714. The molecule has 4 nitrogen and oxygen atoms in total. The lowest BCUT2D eigenvalue weighted by Crippen LogP contribution is -2.04. The number of hydrogen-bond acceptors (Lipinski definition) is 4. The highest BCUT2D eigenvalue weighted by Crippen LogP contribution is 2.66. The Morgan fingerprint density at radius 1 is 1.67 bits per heavy atom. The van der Waals surface area contributed by atoms with E-state index in [0.717, 1.165) is 10.5 Å². The quantitative estimate of drug-likeness (QED) is 0.820. The van der Waals surface area contributed by atoms with Gasteiger partial charge in [-0.2, -0.15) is 0 Å². The second-order valence-electron chi connectivity index (χ2n) is 3.70. The third kappa shape index (κ3) is 1.10. The Bertz CT molecular complexity index is 448. The molecule has 2 aliphatic rings. The largest absolute Gasteiger partial charge is 0.481 e. The topological polar surface area (TPSA) is 59.4 Å². The predicted molar refractivity (Wildman–Crippen MR) is 54.3 cm³/mol. The highest BCUT2D eigenvalue weighted by atomic mass is 32.2. The zero-order valence-electron chi connectivity index (χ0n) is 8.01. The van der Waals surface area contributed by atoms with Crippen molar-refractivity contribution in [2.24, 2.45) is 5.92 Å². The van der Waals surface area contributed by atoms with Crippen LogP contribution in [0.2, 0.25) is 0 Å². The van der Waals surface area contributed by atoms with Gasteiger partial charge in [-0.25, -0.2) is 4.98 Å². The monoisotopic (exact) mass is 223 g/mol. The molecule has 0 spiro atoms. The Balaban J connectivity index is 2.03. The fraction of sp³-hybridized carbons (Fsp3) is 0.400. The van der Waals surface area contributed by atoms with E-state index in [-0.39, 0.29) is 17.1 Å². The van der Waals surface area contributed by atoms with E-state index < -0.39 is 5.97 Å². The minimum Gasteiger partial charge on any atom is -0.481 e. The van der Waals surface area contributed by atoms with Gasteiger partial charge in [0.15, 0.2) is 0 Å². The molecule has 0 saturated heterocycles. The van der Waals surface area contributed by atoms with Crippen LogP contribution >= 0.6 is 11.8 Å². The van der Waals surface area contributed by atoms with Crippen LogP contribution in [-0.4, -0.2) is 28.4 Å². The van der Waals surface area contributed by atoms with Crippen molar-refractivity contribution in [1.29, 1.82) is 0 Å². The normalized spacial score (nSPS) is 30.6. The predicted octanol–water partition coefficient (Wildman–Crippen LogP) is 1.36. The number of rotatable bonds is 2. The van der Waals surface area contributed by atoms with E-state index in [9.17, 15) is 4.79 Å². The molecule has 0 amide bonds. The summed E-state index contributed by atoms with van der Waals surface area (Å²) in [7, 11) is 1.57. The van der Waals surface area contributed by atoms with Crippen molar-refractivity contribution in [2.75, 3.05) is 7.11 Å². The number of carboxylic acid groups (broad SMARTS) is 1. The van der Waals surface area contributed by atoms with Crippen LogP contribution in [0.5, 0.6) is 5.88 Å². The summed E-state index contributed by atoms with van der Waals surface area (Å²) in [5.74, 6) is -0.281. The van der Waals surface area contributed by atoms with Gasteiger partial charge in [0, 0.05) is 27.8 Å². The van der Waals surface area contributed by atoms with Crippen LogP contribution in [0.1, 0.15) is 11.5 Å². The first-order valence-electron chi connectivity index (χ1n) is 4.66. The Kier molecular flexibility index (Phi) is 1.74. The molecule has 2 heterocycles. The molecular weight excluding hydrogens is 214 g/mol. The maximum absolute atomic E-state index is 10.9. The molecule has 0 aromatic carbocycles. The summed E-state index contributed by atoms with van der Waals surface area (Å²) in [6, 6.07) is 1.92. The molecule has 5 heteroatoms. The number of fused-ring (bicyclic) bond motifs is 3. The zero-order chi connectivity index (χ0) is 10.6. The summed E-state index contributed by atoms with van der Waals surface area (Å²) in [4.78, 5) is 16.1. The summed E-state index contributed by atoms with van der Waals surface area (Å²) in [6.07, 6.45) is 1.70. The van der Waals surface area contributed by atoms with Crippen LogP contribution in [0.25, 0.3) is 0 Å². The van der Waals surface area contributed by atoms with Crippen molar-refractivity contribution in [3.05, 3.63) is 17.8 Å². The lowest BCUT2D eigenvalue weighted by atomic mass is 10.1. The van der Waals surface area contributed by atoms with Gasteiger partial charge in [0.1, 0.15) is 0 Å². The summed E-state index contributed by atoms with van der Waals surface area (Å²) in [5.41, 5.74) is 0.988. The van der Waals surface area contributed by atoms with E-state index in [2.05, 4.69) is 4.98 Å². The van der Waals surface area contributed by atoms with Gasteiger partial charge in [-0.15, -0.1) is 11.8 Å². The highest BCUT2D eigenvalue weighted by molar-refractivity contribution is 8.00. The second-order valence-corrected chi connectivity index (χ2v) is 4.92. The SMILES string of the molecule is COc1nccc2c1C1C(S2)C1C(=O)O. The standard InChI is InChI=1S/C10H9NO3S/c1-14-9-5-4(2-3-11-9)15-8-6(5)7(8)10(12)13/h2-3,6-8H,1H3,(H,12,13). The van der Waals surface area contributed by atoms with E-state index >= 15 is 0 Å². The fourth-order valence-electron chi connectivity index (χ4n) is 2.22. The average molecular weight is 223 g/mol. The fourth-order valence-corrected chi connectivity index (χ4v) is 3.80. The molecule has 0 radical (unpaired) electrons. The van der Waals surface area contributed by atoms with E-state index in [1.807, 2.05) is 6.07 Å². The molecule has 1 fully saturated rings. The van der Waals surface area contributed by atoms with E-state index in [4.69, 9.17) is 9.84 Å². The third-order valence-electron chi connectivity index (χ3n) is 2.94. The molecule has 1 aliphatic carbocycles. The molecular formula is C10H9NO3S. The van der Waals surface area contributed by atoms with Gasteiger partial charge in [-0.1, -0.05) is 0 Å². The summed E-state index contributed by atoms with van der Waals surface area (Å²) < 4.78 is 5.16. The van der Waals surface area contributed by atoms with Gasteiger partial charge in [0.25, 0.3) is 0 Å². The first kappa shape index (κ1) is 9.03. The Labute approximate surface area is 90.7 Å². The average Bonchev–Trinajstić information content (AvgIpc) is 2.81. The lowest BCUT2D eigenvalue weighted by molar-refractivity contribution is -0.138. The van der Waals surface area contributed by atoms with Gasteiger partial charge in [-0.3, -0.25) is 4.79 Å². The molecule has 0 bridgehead atoms. The maximum Gasteiger partial charge on any atom is 0.308 e. The number of aromatic nitrogens is 1. The molecule has 3 unspecified atom stereocenters. The van der Waals surface area contributed by atoms with Crippen molar-refractivity contribution in [1.82, 2.24) is 4.98 Å². The van der Waals surface area contributed by atoms with E-state index in [1.165, 1.54) is 0 Å². The van der Waals surface area contributed by atoms with Crippen molar-refractivity contribution in [3.63, 3.8) is 0 Å². The van der Waals surface area contributed by atoms with Crippen LogP contribution in [0.3, 0.4) is 0 Å². The maximum atomic E-state index is 10.9. The molecule has 3 atom stereocenters. The summed E-state index contributed by atoms with van der Waals surface area (Å²) in [5, 5.41) is 9.16. The summed E-state index contributed by atoms with van der Waals surface area (Å²) in [6.45, 7) is 0. The van der Waals surface area contributed by atoms with Crippen LogP contribution in [-0.2, 0) is 4.79 Å². The number of methoxy groups -OCH3 is 1. The number of nitrogens with zero attached hydrogens (tertiary/aromatic N) is 1. The molecule has 15 heavy (non-hydrogen) atoms. The van der Waals surface area contributed by atoms with Crippen LogP contribution in [0.4, 0.5) is 0 Å². The number of carbonyl (C=O) groups is 1.